The number of hydrogen-bond donors (Lipinski definition) is 0. The summed E-state index contributed by atoms with van der Waals surface area (Å²) in [5.41, 5.74) is 3.43. The summed E-state index contributed by atoms with van der Waals surface area (Å²) in [6, 6.07) is 18.4. The molecule has 1 heterocycles. The van der Waals surface area contributed by atoms with Crippen LogP contribution in [0.2, 0.25) is 0 Å². The van der Waals surface area contributed by atoms with Crippen molar-refractivity contribution in [2.75, 3.05) is 20.8 Å². The summed E-state index contributed by atoms with van der Waals surface area (Å²) in [7, 11) is 3.28. The van der Waals surface area contributed by atoms with Gasteiger partial charge in [0, 0.05) is 13.1 Å². The van der Waals surface area contributed by atoms with Crippen LogP contribution in [0.25, 0.3) is 10.8 Å². The molecule has 3 aromatic carbocycles. The third-order valence-electron chi connectivity index (χ3n) is 5.29. The molecular formula is C23H23NO3. The smallest absolute Gasteiger partial charge is 0.227 e. The maximum absolute atomic E-state index is 13.0. The molecule has 0 radical (unpaired) electrons. The number of methoxy groups -OCH3 is 2. The van der Waals surface area contributed by atoms with Crippen molar-refractivity contribution in [1.29, 1.82) is 0 Å². The Morgan fingerprint density at radius 3 is 2.44 bits per heavy atom. The minimum atomic E-state index is 0.159. The summed E-state index contributed by atoms with van der Waals surface area (Å²) in [5, 5.41) is 2.32. The molecule has 0 saturated heterocycles. The molecule has 0 spiro atoms. The number of hydrogen-bond acceptors (Lipinski definition) is 3. The molecule has 4 rings (SSSR count). The lowest BCUT2D eigenvalue weighted by molar-refractivity contribution is -0.131. The Kier molecular flexibility index (Phi) is 4.71. The van der Waals surface area contributed by atoms with E-state index in [1.807, 2.05) is 41.3 Å². The van der Waals surface area contributed by atoms with Gasteiger partial charge in [0.2, 0.25) is 5.91 Å². The van der Waals surface area contributed by atoms with Gasteiger partial charge in [-0.3, -0.25) is 4.79 Å². The van der Waals surface area contributed by atoms with Crippen molar-refractivity contribution in [3.8, 4) is 11.5 Å². The topological polar surface area (TPSA) is 38.8 Å². The molecule has 0 atom stereocenters. The van der Waals surface area contributed by atoms with E-state index in [1.54, 1.807) is 14.2 Å². The van der Waals surface area contributed by atoms with Crippen LogP contribution in [0.1, 0.15) is 16.7 Å². The lowest BCUT2D eigenvalue weighted by Gasteiger charge is -2.30. The monoisotopic (exact) mass is 361 g/mol. The van der Waals surface area contributed by atoms with Gasteiger partial charge in [0.25, 0.3) is 0 Å². The van der Waals surface area contributed by atoms with E-state index in [0.29, 0.717) is 18.7 Å². The van der Waals surface area contributed by atoms with Crippen LogP contribution in [0.3, 0.4) is 0 Å². The highest BCUT2D eigenvalue weighted by molar-refractivity contribution is 5.90. The fourth-order valence-electron chi connectivity index (χ4n) is 3.82. The Bertz CT molecular complexity index is 991. The number of benzene rings is 3. The van der Waals surface area contributed by atoms with E-state index >= 15 is 0 Å². The summed E-state index contributed by atoms with van der Waals surface area (Å²) in [6.45, 7) is 1.34. The normalized spacial score (nSPS) is 13.3. The summed E-state index contributed by atoms with van der Waals surface area (Å²) in [5.74, 6) is 1.61. The Hall–Kier alpha value is -3.01. The largest absolute Gasteiger partial charge is 0.493 e. The van der Waals surface area contributed by atoms with E-state index < -0.39 is 0 Å². The Morgan fingerprint density at radius 1 is 0.963 bits per heavy atom. The minimum Gasteiger partial charge on any atom is -0.493 e. The number of carbonyl (C=O) groups excluding carboxylic acids is 1. The van der Waals surface area contributed by atoms with Gasteiger partial charge in [-0.1, -0.05) is 42.5 Å². The summed E-state index contributed by atoms with van der Waals surface area (Å²) >= 11 is 0. The Labute approximate surface area is 159 Å². The predicted molar refractivity (Wildman–Crippen MR) is 106 cm³/mol. The van der Waals surface area contributed by atoms with Crippen LogP contribution in [0.15, 0.2) is 54.6 Å². The van der Waals surface area contributed by atoms with Gasteiger partial charge in [0.05, 0.1) is 20.6 Å². The molecule has 3 aromatic rings. The summed E-state index contributed by atoms with van der Waals surface area (Å²) in [4.78, 5) is 14.9. The van der Waals surface area contributed by atoms with Gasteiger partial charge in [-0.2, -0.15) is 0 Å². The van der Waals surface area contributed by atoms with Crippen molar-refractivity contribution < 1.29 is 14.3 Å². The van der Waals surface area contributed by atoms with Crippen LogP contribution in [0, 0.1) is 0 Å². The van der Waals surface area contributed by atoms with Crippen molar-refractivity contribution in [2.24, 2.45) is 0 Å². The van der Waals surface area contributed by atoms with Gasteiger partial charge in [-0.05, 0) is 46.0 Å². The first-order chi connectivity index (χ1) is 13.2. The average Bonchev–Trinajstić information content (AvgIpc) is 2.72. The van der Waals surface area contributed by atoms with Crippen LogP contribution >= 0.6 is 0 Å². The van der Waals surface area contributed by atoms with E-state index in [9.17, 15) is 4.79 Å². The lowest BCUT2D eigenvalue weighted by atomic mass is 9.97. The molecule has 1 amide bonds. The van der Waals surface area contributed by atoms with Crippen molar-refractivity contribution >= 4 is 16.7 Å². The quantitative estimate of drug-likeness (QED) is 0.705. The van der Waals surface area contributed by atoms with Crippen LogP contribution < -0.4 is 9.47 Å². The van der Waals surface area contributed by atoms with Gasteiger partial charge < -0.3 is 14.4 Å². The molecule has 0 saturated carbocycles. The highest BCUT2D eigenvalue weighted by Crippen LogP contribution is 2.33. The average molecular weight is 361 g/mol. The Morgan fingerprint density at radius 2 is 1.67 bits per heavy atom. The fraction of sp³-hybridized carbons (Fsp3) is 0.261. The minimum absolute atomic E-state index is 0.159. The second-order valence-corrected chi connectivity index (χ2v) is 6.86. The van der Waals surface area contributed by atoms with Crippen LogP contribution in [0.4, 0.5) is 0 Å². The zero-order valence-corrected chi connectivity index (χ0v) is 15.7. The number of amides is 1. The maximum Gasteiger partial charge on any atom is 0.227 e. The number of ether oxygens (including phenoxy) is 2. The van der Waals surface area contributed by atoms with E-state index in [-0.39, 0.29) is 5.91 Å². The third kappa shape index (κ3) is 3.35. The van der Waals surface area contributed by atoms with Gasteiger partial charge in [-0.25, -0.2) is 0 Å². The first-order valence-corrected chi connectivity index (χ1v) is 9.18. The molecule has 27 heavy (non-hydrogen) atoms. The lowest BCUT2D eigenvalue weighted by Crippen LogP contribution is -2.37. The second kappa shape index (κ2) is 7.31. The SMILES string of the molecule is COc1cc2c(cc1OC)CN(C(=O)Cc1cccc3ccccc13)CC2. The second-order valence-electron chi connectivity index (χ2n) is 6.86. The molecule has 1 aliphatic heterocycles. The highest BCUT2D eigenvalue weighted by Gasteiger charge is 2.23. The van der Waals surface area contributed by atoms with Gasteiger partial charge in [0.1, 0.15) is 0 Å². The molecule has 0 aliphatic carbocycles. The van der Waals surface area contributed by atoms with E-state index in [0.717, 1.165) is 35.2 Å². The van der Waals surface area contributed by atoms with Crippen molar-refractivity contribution in [1.82, 2.24) is 4.90 Å². The van der Waals surface area contributed by atoms with Crippen molar-refractivity contribution in [2.45, 2.75) is 19.4 Å². The number of nitrogens with zero attached hydrogens (tertiary/aromatic N) is 1. The molecule has 4 nitrogen and oxygen atoms in total. The molecule has 0 unspecified atom stereocenters. The molecule has 0 N–H and O–H groups in total. The zero-order chi connectivity index (χ0) is 18.8. The first kappa shape index (κ1) is 17.4. The first-order valence-electron chi connectivity index (χ1n) is 9.18. The molecular weight excluding hydrogens is 338 g/mol. The van der Waals surface area contributed by atoms with Gasteiger partial charge in [0.15, 0.2) is 11.5 Å². The van der Waals surface area contributed by atoms with Gasteiger partial charge >= 0.3 is 0 Å². The zero-order valence-electron chi connectivity index (χ0n) is 15.7. The number of fused-ring (bicyclic) bond motifs is 2. The standard InChI is InChI=1S/C23H23NO3/c1-26-21-12-17-10-11-24(15-19(17)13-22(21)27-2)23(25)14-18-8-5-7-16-6-3-4-9-20(16)18/h3-9,12-13H,10-11,14-15H2,1-2H3. The van der Waals surface area contributed by atoms with Crippen molar-refractivity contribution in [3.05, 3.63) is 71.3 Å². The summed E-state index contributed by atoms with van der Waals surface area (Å²) < 4.78 is 10.8. The van der Waals surface area contributed by atoms with E-state index in [2.05, 4.69) is 18.2 Å². The van der Waals surface area contributed by atoms with Gasteiger partial charge in [-0.15, -0.1) is 0 Å². The highest BCUT2D eigenvalue weighted by atomic mass is 16.5. The molecule has 0 bridgehead atoms. The van der Waals surface area contributed by atoms with E-state index in [1.165, 1.54) is 10.9 Å². The Balaban J connectivity index is 1.56. The number of rotatable bonds is 4. The fourth-order valence-corrected chi connectivity index (χ4v) is 3.82. The third-order valence-corrected chi connectivity index (χ3v) is 5.29. The molecule has 1 aliphatic rings. The molecule has 0 aromatic heterocycles. The molecule has 138 valence electrons. The van der Waals surface area contributed by atoms with Crippen molar-refractivity contribution in [3.63, 3.8) is 0 Å². The van der Waals surface area contributed by atoms with Crippen LogP contribution in [-0.2, 0) is 24.2 Å². The predicted octanol–water partition coefficient (Wildman–Crippen LogP) is 3.98. The summed E-state index contributed by atoms with van der Waals surface area (Å²) in [6.07, 6.45) is 1.25. The van der Waals surface area contributed by atoms with Crippen LogP contribution in [-0.4, -0.2) is 31.6 Å². The van der Waals surface area contributed by atoms with E-state index in [4.69, 9.17) is 9.47 Å². The molecule has 0 fully saturated rings. The number of carbonyl (C=O) groups is 1. The van der Waals surface area contributed by atoms with Crippen LogP contribution in [0.5, 0.6) is 11.5 Å². The maximum atomic E-state index is 13.0. The molecule has 4 heteroatoms.